The number of rotatable bonds is 11. The maximum absolute atomic E-state index is 14.3. The Hall–Kier alpha value is -3.03. The van der Waals surface area contributed by atoms with E-state index in [0.717, 1.165) is 25.8 Å². The highest BCUT2D eigenvalue weighted by molar-refractivity contribution is 7.89. The Morgan fingerprint density at radius 3 is 2.50 bits per heavy atom. The number of nitrogens with zero attached hydrogens (tertiary/aromatic N) is 3. The first-order chi connectivity index (χ1) is 21.8. The molecule has 0 radical (unpaired) electrons. The fraction of sp³-hybridized carbons (Fsp3) is 0.588. The molecule has 1 aliphatic heterocycles. The van der Waals surface area contributed by atoms with Crippen molar-refractivity contribution in [3.05, 3.63) is 54.1 Å². The molecule has 2 N–H and O–H groups in total. The van der Waals surface area contributed by atoms with Gasteiger partial charge in [-0.2, -0.15) is 4.31 Å². The van der Waals surface area contributed by atoms with Gasteiger partial charge in [0.2, 0.25) is 15.9 Å². The quantitative estimate of drug-likeness (QED) is 0.369. The number of nitrogens with one attached hydrogen (secondary N) is 1. The highest BCUT2D eigenvalue weighted by Crippen LogP contribution is 2.29. The Labute approximate surface area is 274 Å². The summed E-state index contributed by atoms with van der Waals surface area (Å²) in [6.07, 6.45) is 2.63. The first kappa shape index (κ1) is 37.4. The number of carbonyl (C=O) groups is 2. The second-order valence-corrected chi connectivity index (χ2v) is 14.6. The van der Waals surface area contributed by atoms with E-state index in [1.165, 1.54) is 11.4 Å². The van der Waals surface area contributed by atoms with Crippen LogP contribution in [0.5, 0.6) is 5.75 Å². The van der Waals surface area contributed by atoms with Gasteiger partial charge in [-0.05, 0) is 90.5 Å². The van der Waals surface area contributed by atoms with Crippen molar-refractivity contribution in [2.45, 2.75) is 76.0 Å². The number of aliphatic hydroxyl groups is 1. The number of fused-ring (bicyclic) bond motifs is 1. The minimum atomic E-state index is -3.76. The van der Waals surface area contributed by atoms with Gasteiger partial charge < -0.3 is 29.7 Å². The van der Waals surface area contributed by atoms with E-state index in [1.807, 2.05) is 32.8 Å². The molecule has 2 aromatic rings. The monoisotopic (exact) mass is 660 g/mol. The molecular formula is C34H52N4O7S. The third-order valence-electron chi connectivity index (χ3n) is 8.23. The molecule has 4 atom stereocenters. The number of amides is 2. The van der Waals surface area contributed by atoms with E-state index < -0.39 is 22.2 Å². The van der Waals surface area contributed by atoms with Gasteiger partial charge in [-0.15, -0.1) is 0 Å². The van der Waals surface area contributed by atoms with Crippen LogP contribution < -0.4 is 10.1 Å². The summed E-state index contributed by atoms with van der Waals surface area (Å²) in [6.45, 7) is 6.85. The maximum atomic E-state index is 14.3. The first-order valence-corrected chi connectivity index (χ1v) is 17.6. The number of ether oxygens (including phenoxy) is 2. The van der Waals surface area contributed by atoms with E-state index in [9.17, 15) is 23.1 Å². The third kappa shape index (κ3) is 10.8. The summed E-state index contributed by atoms with van der Waals surface area (Å²) < 4.78 is 40.6. The third-order valence-corrected chi connectivity index (χ3v) is 10.1. The van der Waals surface area contributed by atoms with Crippen molar-refractivity contribution in [3.63, 3.8) is 0 Å². The van der Waals surface area contributed by atoms with Crippen molar-refractivity contribution < 1.29 is 32.6 Å². The van der Waals surface area contributed by atoms with Crippen LogP contribution >= 0.6 is 0 Å². The molecule has 0 unspecified atom stereocenters. The van der Waals surface area contributed by atoms with Gasteiger partial charge in [0, 0.05) is 44.8 Å². The molecular weight excluding hydrogens is 608 g/mol. The number of benzene rings is 2. The van der Waals surface area contributed by atoms with Crippen LogP contribution in [0.25, 0.3) is 0 Å². The van der Waals surface area contributed by atoms with E-state index >= 15 is 0 Å². The van der Waals surface area contributed by atoms with E-state index in [2.05, 4.69) is 5.32 Å². The summed E-state index contributed by atoms with van der Waals surface area (Å²) >= 11 is 0. The molecule has 12 heteroatoms. The average molecular weight is 661 g/mol. The molecule has 1 heterocycles. The number of hydrogen-bond acceptors (Lipinski definition) is 8. The van der Waals surface area contributed by atoms with Gasteiger partial charge in [-0.1, -0.05) is 25.1 Å². The second-order valence-electron chi connectivity index (χ2n) is 12.6. The van der Waals surface area contributed by atoms with Crippen LogP contribution in [0.15, 0.2) is 53.4 Å². The van der Waals surface area contributed by atoms with E-state index in [-0.39, 0.29) is 54.0 Å². The summed E-state index contributed by atoms with van der Waals surface area (Å²) in [5.41, 5.74) is 0.765. The van der Waals surface area contributed by atoms with Crippen LogP contribution in [-0.4, -0.2) is 112 Å². The fourth-order valence-corrected chi connectivity index (χ4v) is 6.57. The van der Waals surface area contributed by atoms with Gasteiger partial charge in [0.15, 0.2) is 0 Å². The largest absolute Gasteiger partial charge is 0.490 e. The van der Waals surface area contributed by atoms with Gasteiger partial charge >= 0.3 is 0 Å². The Balaban J connectivity index is 1.92. The highest BCUT2D eigenvalue weighted by Gasteiger charge is 2.32. The Morgan fingerprint density at radius 2 is 1.83 bits per heavy atom. The Bertz CT molecular complexity index is 1370. The minimum Gasteiger partial charge on any atom is -0.490 e. The Kier molecular flexibility index (Phi) is 14.5. The summed E-state index contributed by atoms with van der Waals surface area (Å²) in [7, 11) is 1.69. The van der Waals surface area contributed by atoms with Crippen molar-refractivity contribution >= 4 is 27.5 Å². The summed E-state index contributed by atoms with van der Waals surface area (Å²) in [5, 5.41) is 13.1. The lowest BCUT2D eigenvalue weighted by molar-refractivity contribution is -0.116. The molecule has 46 heavy (non-hydrogen) atoms. The normalized spacial score (nSPS) is 20.9. The predicted molar refractivity (Wildman–Crippen MR) is 180 cm³/mol. The predicted octanol–water partition coefficient (Wildman–Crippen LogP) is 4.08. The molecule has 1 aliphatic rings. The average Bonchev–Trinajstić information content (AvgIpc) is 3.02. The zero-order valence-corrected chi connectivity index (χ0v) is 29.0. The number of carbonyl (C=O) groups excluding carboxylic acids is 2. The van der Waals surface area contributed by atoms with Gasteiger partial charge in [-0.3, -0.25) is 9.59 Å². The molecule has 2 aromatic carbocycles. The smallest absolute Gasteiger partial charge is 0.258 e. The lowest BCUT2D eigenvalue weighted by Gasteiger charge is -2.35. The summed E-state index contributed by atoms with van der Waals surface area (Å²) in [4.78, 5) is 30.7. The van der Waals surface area contributed by atoms with Crippen LogP contribution in [0.4, 0.5) is 5.69 Å². The highest BCUT2D eigenvalue weighted by atomic mass is 32.2. The zero-order valence-electron chi connectivity index (χ0n) is 28.1. The van der Waals surface area contributed by atoms with Crippen molar-refractivity contribution in [1.29, 1.82) is 0 Å². The van der Waals surface area contributed by atoms with Crippen molar-refractivity contribution in [2.24, 2.45) is 5.92 Å². The number of hydrogen-bond donors (Lipinski definition) is 2. The lowest BCUT2D eigenvalue weighted by atomic mass is 10.0. The number of sulfonamides is 1. The van der Waals surface area contributed by atoms with Crippen LogP contribution in [-0.2, 0) is 19.6 Å². The van der Waals surface area contributed by atoms with Gasteiger partial charge in [0.05, 0.1) is 35.3 Å². The van der Waals surface area contributed by atoms with Crippen LogP contribution in [0.2, 0.25) is 0 Å². The van der Waals surface area contributed by atoms with E-state index in [0.29, 0.717) is 30.9 Å². The Morgan fingerprint density at radius 1 is 1.11 bits per heavy atom. The van der Waals surface area contributed by atoms with E-state index in [1.54, 1.807) is 60.4 Å². The van der Waals surface area contributed by atoms with Gasteiger partial charge in [0.25, 0.3) is 5.91 Å². The number of likely N-dealkylation sites (N-methyl/N-ethyl adjacent to an activating group) is 1. The molecule has 0 saturated heterocycles. The molecule has 3 rings (SSSR count). The summed E-state index contributed by atoms with van der Waals surface area (Å²) in [6, 6.07) is 12.8. The molecule has 0 fully saturated rings. The van der Waals surface area contributed by atoms with E-state index in [4.69, 9.17) is 9.47 Å². The molecule has 0 spiro atoms. The minimum absolute atomic E-state index is 0.0913. The van der Waals surface area contributed by atoms with Crippen molar-refractivity contribution in [2.75, 3.05) is 59.3 Å². The van der Waals surface area contributed by atoms with Crippen LogP contribution in [0.1, 0.15) is 63.2 Å². The fourth-order valence-electron chi connectivity index (χ4n) is 5.37. The van der Waals surface area contributed by atoms with Crippen LogP contribution in [0.3, 0.4) is 0 Å². The second kappa shape index (κ2) is 17.8. The van der Waals surface area contributed by atoms with Crippen molar-refractivity contribution in [1.82, 2.24) is 14.1 Å². The van der Waals surface area contributed by atoms with Crippen LogP contribution in [0, 0.1) is 5.92 Å². The number of aliphatic hydroxyl groups excluding tert-OH is 1. The van der Waals surface area contributed by atoms with Crippen molar-refractivity contribution in [3.8, 4) is 5.75 Å². The molecule has 0 saturated carbocycles. The lowest BCUT2D eigenvalue weighted by Crippen LogP contribution is -2.48. The SMILES string of the molecule is C[C@@H]1CCCCO[C@H](CN(C)S(=O)(=O)c2ccccc2)[C@H](C)CN([C@@H](C)CO)C(=O)c2cc(NC(=O)CCCN(C)C)ccc2O1. The topological polar surface area (TPSA) is 129 Å². The first-order valence-electron chi connectivity index (χ1n) is 16.1. The molecule has 2 amide bonds. The molecule has 0 bridgehead atoms. The number of anilines is 1. The molecule has 0 aliphatic carbocycles. The summed E-state index contributed by atoms with van der Waals surface area (Å²) in [5.74, 6) is -0.393. The molecule has 11 nitrogen and oxygen atoms in total. The van der Waals surface area contributed by atoms with Gasteiger partial charge in [-0.25, -0.2) is 8.42 Å². The standard InChI is InChI=1S/C34H52N4O7S/c1-25-22-38(26(2)24-39)34(41)30-21-28(35-33(40)16-12-19-36(4)5)17-18-31(30)45-27(3)13-10-11-20-44-32(25)23-37(6)46(42,43)29-14-8-7-9-15-29/h7-9,14-15,17-18,21,25-27,32,39H,10-13,16,19-20,22-24H2,1-6H3,(H,35,40)/t25-,26+,27-,32-/m1/s1. The molecule has 0 aromatic heterocycles. The maximum Gasteiger partial charge on any atom is 0.258 e. The zero-order chi connectivity index (χ0) is 33.9. The van der Waals surface area contributed by atoms with Gasteiger partial charge in [0.1, 0.15) is 5.75 Å². The molecule has 256 valence electrons.